The van der Waals surface area contributed by atoms with E-state index in [0.29, 0.717) is 11.8 Å². The zero-order valence-corrected chi connectivity index (χ0v) is 15.0. The molecule has 0 spiro atoms. The molecule has 1 aromatic carbocycles. The summed E-state index contributed by atoms with van der Waals surface area (Å²) in [6, 6.07) is 6.23. The monoisotopic (exact) mass is 342 g/mol. The van der Waals surface area contributed by atoms with Crippen LogP contribution in [0.25, 0.3) is 0 Å². The van der Waals surface area contributed by atoms with Crippen LogP contribution in [-0.2, 0) is 6.42 Å². The first-order valence-corrected chi connectivity index (χ1v) is 9.18. The number of aryl methyl sites for hydroxylation is 1. The normalized spacial score (nSPS) is 21.9. The van der Waals surface area contributed by atoms with Crippen LogP contribution in [0, 0.1) is 0 Å². The average molecular weight is 343 g/mol. The molecule has 0 bridgehead atoms. The SMILES string of the molecule is CCNCC1CN(c2ncnc3c2C(C)CC3)c2ccc(Cl)cc21. The largest absolute Gasteiger partial charge is 0.325 e. The zero-order chi connectivity index (χ0) is 16.7. The first-order valence-electron chi connectivity index (χ1n) is 8.80. The number of likely N-dealkylation sites (N-methyl/N-ethyl adjacent to an activating group) is 1. The first kappa shape index (κ1) is 15.9. The first-order chi connectivity index (χ1) is 11.7. The van der Waals surface area contributed by atoms with Gasteiger partial charge in [-0.1, -0.05) is 25.4 Å². The van der Waals surface area contributed by atoms with Crippen LogP contribution in [0.2, 0.25) is 5.02 Å². The Balaban J connectivity index is 1.77. The van der Waals surface area contributed by atoms with Gasteiger partial charge in [0.2, 0.25) is 0 Å². The third-order valence-corrected chi connectivity index (χ3v) is 5.51. The maximum Gasteiger partial charge on any atom is 0.140 e. The van der Waals surface area contributed by atoms with E-state index in [4.69, 9.17) is 11.6 Å². The van der Waals surface area contributed by atoms with Crippen LogP contribution in [0.4, 0.5) is 11.5 Å². The van der Waals surface area contributed by atoms with Crippen LogP contribution in [0.5, 0.6) is 0 Å². The van der Waals surface area contributed by atoms with Crippen molar-refractivity contribution >= 4 is 23.1 Å². The minimum atomic E-state index is 0.431. The third-order valence-electron chi connectivity index (χ3n) is 5.27. The van der Waals surface area contributed by atoms with E-state index in [1.54, 1.807) is 6.33 Å². The van der Waals surface area contributed by atoms with E-state index in [1.807, 2.05) is 6.07 Å². The van der Waals surface area contributed by atoms with Gasteiger partial charge in [0.15, 0.2) is 0 Å². The van der Waals surface area contributed by atoms with Crippen LogP contribution in [0.1, 0.15) is 48.9 Å². The number of anilines is 2. The Morgan fingerprint density at radius 1 is 1.33 bits per heavy atom. The topological polar surface area (TPSA) is 41.0 Å². The Morgan fingerprint density at radius 2 is 2.21 bits per heavy atom. The molecule has 0 saturated carbocycles. The van der Waals surface area contributed by atoms with Crippen molar-refractivity contribution in [1.29, 1.82) is 0 Å². The quantitative estimate of drug-likeness (QED) is 0.911. The highest BCUT2D eigenvalue weighted by Crippen LogP contribution is 2.45. The van der Waals surface area contributed by atoms with E-state index in [-0.39, 0.29) is 0 Å². The predicted octanol–water partition coefficient (Wildman–Crippen LogP) is 4.02. The minimum absolute atomic E-state index is 0.431. The van der Waals surface area contributed by atoms with Crippen molar-refractivity contribution in [3.05, 3.63) is 46.4 Å². The van der Waals surface area contributed by atoms with E-state index in [0.717, 1.165) is 36.9 Å². The Hall–Kier alpha value is -1.65. The number of rotatable bonds is 4. The number of fused-ring (bicyclic) bond motifs is 2. The smallest absolute Gasteiger partial charge is 0.140 e. The molecule has 4 rings (SSSR count). The maximum absolute atomic E-state index is 6.27. The lowest BCUT2D eigenvalue weighted by Crippen LogP contribution is -2.25. The Kier molecular flexibility index (Phi) is 4.19. The number of halogens is 1. The highest BCUT2D eigenvalue weighted by atomic mass is 35.5. The fraction of sp³-hybridized carbons (Fsp3) is 0.474. The highest BCUT2D eigenvalue weighted by molar-refractivity contribution is 6.30. The van der Waals surface area contributed by atoms with Gasteiger partial charge in [-0.15, -0.1) is 0 Å². The second-order valence-corrected chi connectivity index (χ2v) is 7.25. The molecule has 2 heterocycles. The fourth-order valence-corrected chi connectivity index (χ4v) is 4.23. The molecule has 126 valence electrons. The molecule has 1 aliphatic heterocycles. The van der Waals surface area contributed by atoms with Gasteiger partial charge in [0.05, 0.1) is 0 Å². The second kappa shape index (κ2) is 6.34. The summed E-state index contributed by atoms with van der Waals surface area (Å²) in [6.45, 7) is 7.31. The molecule has 0 fully saturated rings. The van der Waals surface area contributed by atoms with E-state index < -0.39 is 0 Å². The summed E-state index contributed by atoms with van der Waals surface area (Å²) in [7, 11) is 0. The predicted molar refractivity (Wildman–Crippen MR) is 98.5 cm³/mol. The number of nitrogens with one attached hydrogen (secondary N) is 1. The zero-order valence-electron chi connectivity index (χ0n) is 14.2. The number of benzene rings is 1. The van der Waals surface area contributed by atoms with E-state index >= 15 is 0 Å². The van der Waals surface area contributed by atoms with Crippen molar-refractivity contribution < 1.29 is 0 Å². The van der Waals surface area contributed by atoms with Gasteiger partial charge >= 0.3 is 0 Å². The molecule has 1 N–H and O–H groups in total. The lowest BCUT2D eigenvalue weighted by molar-refractivity contribution is 0.620. The number of nitrogens with zero attached hydrogens (tertiary/aromatic N) is 3. The van der Waals surface area contributed by atoms with Crippen LogP contribution in [0.15, 0.2) is 24.5 Å². The van der Waals surface area contributed by atoms with Crippen molar-refractivity contribution in [1.82, 2.24) is 15.3 Å². The summed E-state index contributed by atoms with van der Waals surface area (Å²) in [5.41, 5.74) is 5.12. The van der Waals surface area contributed by atoms with E-state index in [1.165, 1.54) is 28.9 Å². The summed E-state index contributed by atoms with van der Waals surface area (Å²) in [5.74, 6) is 2.05. The second-order valence-electron chi connectivity index (χ2n) is 6.82. The Labute approximate surface area is 148 Å². The van der Waals surface area contributed by atoms with Gasteiger partial charge < -0.3 is 10.2 Å². The standard InChI is InChI=1S/C19H23ClN4/c1-3-21-9-13-10-24(17-7-5-14(20)8-15(13)17)19-18-12(2)4-6-16(18)22-11-23-19/h5,7-8,11-13,21H,3-4,6,9-10H2,1-2H3. The molecule has 5 heteroatoms. The van der Waals surface area contributed by atoms with Gasteiger partial charge in [0, 0.05) is 41.0 Å². The summed E-state index contributed by atoms with van der Waals surface area (Å²) in [4.78, 5) is 11.6. The maximum atomic E-state index is 6.27. The van der Waals surface area contributed by atoms with Crippen molar-refractivity contribution in [2.24, 2.45) is 0 Å². The molecule has 2 aliphatic rings. The van der Waals surface area contributed by atoms with Crippen LogP contribution in [-0.4, -0.2) is 29.6 Å². The number of aromatic nitrogens is 2. The summed E-state index contributed by atoms with van der Waals surface area (Å²) in [6.07, 6.45) is 3.96. The van der Waals surface area contributed by atoms with Gasteiger partial charge in [-0.25, -0.2) is 9.97 Å². The van der Waals surface area contributed by atoms with Crippen molar-refractivity contribution in [2.75, 3.05) is 24.5 Å². The molecule has 2 atom stereocenters. The molecule has 1 aromatic heterocycles. The molecule has 0 amide bonds. The molecular formula is C19H23ClN4. The molecule has 2 unspecified atom stereocenters. The molecular weight excluding hydrogens is 320 g/mol. The molecule has 0 radical (unpaired) electrons. The molecule has 24 heavy (non-hydrogen) atoms. The van der Waals surface area contributed by atoms with Crippen molar-refractivity contribution in [3.63, 3.8) is 0 Å². The molecule has 2 aromatic rings. The Morgan fingerprint density at radius 3 is 3.04 bits per heavy atom. The summed E-state index contributed by atoms with van der Waals surface area (Å²) in [5, 5.41) is 4.29. The third kappa shape index (κ3) is 2.58. The van der Waals surface area contributed by atoms with Gasteiger partial charge in [-0.2, -0.15) is 0 Å². The van der Waals surface area contributed by atoms with Crippen LogP contribution >= 0.6 is 11.6 Å². The van der Waals surface area contributed by atoms with Gasteiger partial charge in [0.25, 0.3) is 0 Å². The molecule has 0 saturated heterocycles. The Bertz CT molecular complexity index is 761. The van der Waals surface area contributed by atoms with Gasteiger partial charge in [-0.05, 0) is 49.1 Å². The average Bonchev–Trinajstić information content (AvgIpc) is 3.14. The van der Waals surface area contributed by atoms with E-state index in [2.05, 4.69) is 46.2 Å². The number of hydrogen-bond acceptors (Lipinski definition) is 4. The van der Waals surface area contributed by atoms with Gasteiger partial charge in [-0.3, -0.25) is 0 Å². The highest BCUT2D eigenvalue weighted by Gasteiger charge is 2.34. The van der Waals surface area contributed by atoms with Crippen LogP contribution in [0.3, 0.4) is 0 Å². The van der Waals surface area contributed by atoms with Crippen LogP contribution < -0.4 is 10.2 Å². The summed E-state index contributed by atoms with van der Waals surface area (Å²) < 4.78 is 0. The lowest BCUT2D eigenvalue weighted by Gasteiger charge is -2.23. The fourth-order valence-electron chi connectivity index (χ4n) is 4.05. The van der Waals surface area contributed by atoms with Crippen molar-refractivity contribution in [2.45, 2.75) is 38.5 Å². The summed E-state index contributed by atoms with van der Waals surface area (Å²) >= 11 is 6.27. The van der Waals surface area contributed by atoms with E-state index in [9.17, 15) is 0 Å². The van der Waals surface area contributed by atoms with Crippen molar-refractivity contribution in [3.8, 4) is 0 Å². The molecule has 4 nitrogen and oxygen atoms in total. The number of hydrogen-bond donors (Lipinski definition) is 1. The lowest BCUT2D eigenvalue weighted by atomic mass is 10.0. The van der Waals surface area contributed by atoms with Gasteiger partial charge in [0.1, 0.15) is 12.1 Å². The molecule has 1 aliphatic carbocycles. The minimum Gasteiger partial charge on any atom is -0.325 e.